The zero-order chi connectivity index (χ0) is 15.4. The van der Waals surface area contributed by atoms with Gasteiger partial charge in [0.1, 0.15) is 0 Å². The lowest BCUT2D eigenvalue weighted by atomic mass is 10.2. The number of hydrogen-bond donors (Lipinski definition) is 1. The van der Waals surface area contributed by atoms with E-state index in [0.29, 0.717) is 18.0 Å². The number of nitrogens with one attached hydrogen (secondary N) is 1. The Bertz CT molecular complexity index is 647. The van der Waals surface area contributed by atoms with Crippen LogP contribution in [0.4, 0.5) is 5.69 Å². The number of rotatable bonds is 5. The van der Waals surface area contributed by atoms with Gasteiger partial charge in [-0.3, -0.25) is 0 Å². The molecule has 0 amide bonds. The van der Waals surface area contributed by atoms with Gasteiger partial charge in [0.25, 0.3) is 0 Å². The maximum Gasteiger partial charge on any atom is 0.174 e. The fraction of sp³-hybridized carbons (Fsp3) is 0.200. The summed E-state index contributed by atoms with van der Waals surface area (Å²) in [5.41, 5.74) is 2.12. The average Bonchev–Trinajstić information content (AvgIpc) is 2.45. The Balaban J connectivity index is 2.18. The second kappa shape index (κ2) is 7.51. The van der Waals surface area contributed by atoms with Gasteiger partial charge in [-0.1, -0.05) is 15.9 Å². The third kappa shape index (κ3) is 4.14. The van der Waals surface area contributed by atoms with Gasteiger partial charge in [-0.2, -0.15) is 0 Å². The number of benzene rings is 2. The van der Waals surface area contributed by atoms with Gasteiger partial charge in [0.05, 0.1) is 18.7 Å². The molecule has 2 rings (SSSR count). The quantitative estimate of drug-likeness (QED) is 0.605. The first kappa shape index (κ1) is 16.6. The molecule has 0 aliphatic rings. The van der Waals surface area contributed by atoms with Crippen molar-refractivity contribution in [3.8, 4) is 11.5 Å². The molecule has 0 aliphatic heterocycles. The summed E-state index contributed by atoms with van der Waals surface area (Å²) in [5.74, 6) is 1.41. The molecule has 2 aromatic carbocycles. The molecular formula is C15H14Br3NO2. The average molecular weight is 480 g/mol. The molecule has 0 saturated carbocycles. The Labute approximate surface area is 149 Å². The second-order valence-electron chi connectivity index (χ2n) is 4.29. The number of anilines is 1. The van der Waals surface area contributed by atoms with E-state index < -0.39 is 0 Å². The Morgan fingerprint density at radius 3 is 2.33 bits per heavy atom. The summed E-state index contributed by atoms with van der Waals surface area (Å²) in [6.45, 7) is 0.680. The van der Waals surface area contributed by atoms with Crippen LogP contribution in [0.25, 0.3) is 0 Å². The van der Waals surface area contributed by atoms with Gasteiger partial charge in [-0.15, -0.1) is 0 Å². The molecule has 0 bridgehead atoms. The highest BCUT2D eigenvalue weighted by Gasteiger charge is 2.10. The van der Waals surface area contributed by atoms with Crippen LogP contribution in [0.5, 0.6) is 11.5 Å². The number of hydrogen-bond acceptors (Lipinski definition) is 3. The van der Waals surface area contributed by atoms with E-state index in [4.69, 9.17) is 9.47 Å². The molecule has 0 atom stereocenters. The molecule has 0 unspecified atom stereocenters. The molecule has 0 fully saturated rings. The number of ether oxygens (including phenoxy) is 2. The third-order valence-electron chi connectivity index (χ3n) is 2.91. The molecule has 0 aliphatic carbocycles. The van der Waals surface area contributed by atoms with Crippen LogP contribution in [0.15, 0.2) is 43.7 Å². The lowest BCUT2D eigenvalue weighted by Crippen LogP contribution is -2.01. The van der Waals surface area contributed by atoms with E-state index >= 15 is 0 Å². The molecule has 112 valence electrons. The Hall–Kier alpha value is -0.720. The Morgan fingerprint density at radius 2 is 1.71 bits per heavy atom. The molecule has 6 heteroatoms. The molecule has 0 spiro atoms. The van der Waals surface area contributed by atoms with Crippen molar-refractivity contribution >= 4 is 53.5 Å². The van der Waals surface area contributed by atoms with E-state index in [1.807, 2.05) is 30.3 Å². The first-order valence-electron chi connectivity index (χ1n) is 6.14. The van der Waals surface area contributed by atoms with Gasteiger partial charge in [0, 0.05) is 21.2 Å². The first-order chi connectivity index (χ1) is 10.0. The summed E-state index contributed by atoms with van der Waals surface area (Å²) >= 11 is 10.5. The van der Waals surface area contributed by atoms with Gasteiger partial charge >= 0.3 is 0 Å². The summed E-state index contributed by atoms with van der Waals surface area (Å²) in [4.78, 5) is 0. The van der Waals surface area contributed by atoms with Crippen LogP contribution in [0.2, 0.25) is 0 Å². The van der Waals surface area contributed by atoms with Crippen molar-refractivity contribution < 1.29 is 9.47 Å². The van der Waals surface area contributed by atoms with Crippen molar-refractivity contribution in [1.29, 1.82) is 0 Å². The Morgan fingerprint density at radius 1 is 0.952 bits per heavy atom. The van der Waals surface area contributed by atoms with Crippen molar-refractivity contribution in [2.75, 3.05) is 19.5 Å². The van der Waals surface area contributed by atoms with Crippen LogP contribution in [0, 0.1) is 0 Å². The predicted molar refractivity (Wildman–Crippen MR) is 96.4 cm³/mol. The molecule has 21 heavy (non-hydrogen) atoms. The zero-order valence-corrected chi connectivity index (χ0v) is 16.3. The van der Waals surface area contributed by atoms with Crippen LogP contribution >= 0.6 is 47.8 Å². The number of methoxy groups -OCH3 is 2. The number of halogens is 3. The fourth-order valence-electron chi connectivity index (χ4n) is 1.90. The molecule has 0 aromatic heterocycles. The topological polar surface area (TPSA) is 30.5 Å². The van der Waals surface area contributed by atoms with Crippen molar-refractivity contribution in [1.82, 2.24) is 0 Å². The van der Waals surface area contributed by atoms with E-state index in [-0.39, 0.29) is 0 Å². The van der Waals surface area contributed by atoms with Crippen LogP contribution in [0.3, 0.4) is 0 Å². The summed E-state index contributed by atoms with van der Waals surface area (Å²) in [6.07, 6.45) is 0. The lowest BCUT2D eigenvalue weighted by molar-refractivity contribution is 0.352. The minimum absolute atomic E-state index is 0.680. The molecule has 0 saturated heterocycles. The smallest absolute Gasteiger partial charge is 0.174 e. The molecule has 2 aromatic rings. The highest BCUT2D eigenvalue weighted by atomic mass is 79.9. The maximum absolute atomic E-state index is 5.35. The SMILES string of the molecule is COc1cc(CNc2ccc(Br)cc2Br)cc(Br)c1OC. The minimum atomic E-state index is 0.680. The maximum atomic E-state index is 5.35. The van der Waals surface area contributed by atoms with E-state index in [2.05, 4.69) is 53.1 Å². The molecule has 1 N–H and O–H groups in total. The van der Waals surface area contributed by atoms with Gasteiger partial charge < -0.3 is 14.8 Å². The minimum Gasteiger partial charge on any atom is -0.493 e. The van der Waals surface area contributed by atoms with Gasteiger partial charge in [0.15, 0.2) is 11.5 Å². The predicted octanol–water partition coefficient (Wildman–Crippen LogP) is 5.60. The van der Waals surface area contributed by atoms with Crippen LogP contribution in [0.1, 0.15) is 5.56 Å². The monoisotopic (exact) mass is 477 g/mol. The van der Waals surface area contributed by atoms with Crippen molar-refractivity contribution in [2.24, 2.45) is 0 Å². The molecule has 0 heterocycles. The van der Waals surface area contributed by atoms with Crippen LogP contribution < -0.4 is 14.8 Å². The standard InChI is InChI=1S/C15H14Br3NO2/c1-20-14-6-9(5-12(18)15(14)21-2)8-19-13-4-3-10(16)7-11(13)17/h3-7,19H,8H2,1-2H3. The van der Waals surface area contributed by atoms with Crippen LogP contribution in [-0.2, 0) is 6.54 Å². The van der Waals surface area contributed by atoms with Crippen molar-refractivity contribution in [2.45, 2.75) is 6.54 Å². The van der Waals surface area contributed by atoms with Gasteiger partial charge in [-0.25, -0.2) is 0 Å². The summed E-state index contributed by atoms with van der Waals surface area (Å²) < 4.78 is 13.6. The van der Waals surface area contributed by atoms with Crippen molar-refractivity contribution in [3.05, 3.63) is 49.3 Å². The van der Waals surface area contributed by atoms with Gasteiger partial charge in [0.2, 0.25) is 0 Å². The molecule has 3 nitrogen and oxygen atoms in total. The van der Waals surface area contributed by atoms with E-state index in [0.717, 1.165) is 24.7 Å². The zero-order valence-electron chi connectivity index (χ0n) is 11.5. The largest absolute Gasteiger partial charge is 0.493 e. The first-order valence-corrected chi connectivity index (χ1v) is 8.52. The second-order valence-corrected chi connectivity index (χ2v) is 6.92. The Kier molecular flexibility index (Phi) is 5.96. The molecule has 0 radical (unpaired) electrons. The van der Waals surface area contributed by atoms with Crippen molar-refractivity contribution in [3.63, 3.8) is 0 Å². The highest BCUT2D eigenvalue weighted by molar-refractivity contribution is 9.11. The normalized spacial score (nSPS) is 10.3. The summed E-state index contributed by atoms with van der Waals surface area (Å²) in [7, 11) is 3.26. The lowest BCUT2D eigenvalue weighted by Gasteiger charge is -2.13. The fourth-order valence-corrected chi connectivity index (χ4v) is 3.74. The molecular weight excluding hydrogens is 466 g/mol. The van der Waals surface area contributed by atoms with E-state index in [9.17, 15) is 0 Å². The van der Waals surface area contributed by atoms with E-state index in [1.54, 1.807) is 14.2 Å². The third-order valence-corrected chi connectivity index (χ3v) is 4.65. The summed E-state index contributed by atoms with van der Waals surface area (Å²) in [6, 6.07) is 10.00. The highest BCUT2D eigenvalue weighted by Crippen LogP contribution is 2.36. The van der Waals surface area contributed by atoms with E-state index in [1.165, 1.54) is 0 Å². The summed E-state index contributed by atoms with van der Waals surface area (Å²) in [5, 5.41) is 3.39. The van der Waals surface area contributed by atoms with Gasteiger partial charge in [-0.05, 0) is 67.8 Å². The van der Waals surface area contributed by atoms with Crippen LogP contribution in [-0.4, -0.2) is 14.2 Å².